The van der Waals surface area contributed by atoms with Crippen molar-refractivity contribution in [3.05, 3.63) is 41.7 Å². The molecule has 1 aromatic heterocycles. The topological polar surface area (TPSA) is 61.0 Å². The number of aryl methyl sites for hydroxylation is 1. The SMILES string of the molecule is CCc1cccc(Oc2cc(N)nc(C(C)C)n2)c1. The van der Waals surface area contributed by atoms with Crippen molar-refractivity contribution in [2.24, 2.45) is 0 Å². The number of ether oxygens (including phenoxy) is 1. The van der Waals surface area contributed by atoms with Gasteiger partial charge in [0, 0.05) is 12.0 Å². The summed E-state index contributed by atoms with van der Waals surface area (Å²) in [4.78, 5) is 8.57. The number of anilines is 1. The molecule has 0 unspecified atom stereocenters. The molecule has 100 valence electrons. The van der Waals surface area contributed by atoms with Gasteiger partial charge in [0.25, 0.3) is 0 Å². The number of aromatic nitrogens is 2. The standard InChI is InChI=1S/C15H19N3O/c1-4-11-6-5-7-12(8-11)19-14-9-13(16)17-15(18-14)10(2)3/h5-10H,4H2,1-3H3,(H2,16,17,18). The van der Waals surface area contributed by atoms with Crippen LogP contribution in [0.15, 0.2) is 30.3 Å². The fourth-order valence-corrected chi connectivity index (χ4v) is 1.72. The Morgan fingerprint density at radius 2 is 2.00 bits per heavy atom. The summed E-state index contributed by atoms with van der Waals surface area (Å²) in [5.41, 5.74) is 7.00. The van der Waals surface area contributed by atoms with E-state index in [-0.39, 0.29) is 5.92 Å². The highest BCUT2D eigenvalue weighted by Crippen LogP contribution is 2.23. The van der Waals surface area contributed by atoms with Gasteiger partial charge in [-0.3, -0.25) is 0 Å². The van der Waals surface area contributed by atoms with Crippen molar-refractivity contribution in [1.29, 1.82) is 0 Å². The molecule has 0 bridgehead atoms. The first-order valence-electron chi connectivity index (χ1n) is 6.49. The Balaban J connectivity index is 2.27. The molecule has 0 fully saturated rings. The van der Waals surface area contributed by atoms with Crippen molar-refractivity contribution in [1.82, 2.24) is 9.97 Å². The first-order valence-corrected chi connectivity index (χ1v) is 6.49. The van der Waals surface area contributed by atoms with E-state index in [1.54, 1.807) is 6.07 Å². The van der Waals surface area contributed by atoms with E-state index in [2.05, 4.69) is 23.0 Å². The molecule has 0 spiro atoms. The van der Waals surface area contributed by atoms with Crippen LogP contribution in [0, 0.1) is 0 Å². The van der Waals surface area contributed by atoms with E-state index in [0.717, 1.165) is 12.2 Å². The van der Waals surface area contributed by atoms with E-state index < -0.39 is 0 Å². The fourth-order valence-electron chi connectivity index (χ4n) is 1.72. The molecule has 0 saturated carbocycles. The zero-order valence-electron chi connectivity index (χ0n) is 11.6. The molecule has 19 heavy (non-hydrogen) atoms. The molecule has 1 heterocycles. The Morgan fingerprint density at radius 3 is 2.68 bits per heavy atom. The Morgan fingerprint density at radius 1 is 1.21 bits per heavy atom. The van der Waals surface area contributed by atoms with Gasteiger partial charge in [0.2, 0.25) is 5.88 Å². The maximum atomic E-state index is 5.78. The van der Waals surface area contributed by atoms with Crippen molar-refractivity contribution in [3.8, 4) is 11.6 Å². The number of nitrogen functional groups attached to an aromatic ring is 1. The normalized spacial score (nSPS) is 10.7. The Labute approximate surface area is 113 Å². The number of nitrogens with zero attached hydrogens (tertiary/aromatic N) is 2. The van der Waals surface area contributed by atoms with E-state index in [1.807, 2.05) is 32.0 Å². The summed E-state index contributed by atoms with van der Waals surface area (Å²) in [5, 5.41) is 0. The minimum Gasteiger partial charge on any atom is -0.439 e. The fraction of sp³-hybridized carbons (Fsp3) is 0.333. The highest BCUT2D eigenvalue weighted by molar-refractivity contribution is 5.37. The van der Waals surface area contributed by atoms with Crippen LogP contribution in [0.25, 0.3) is 0 Å². The molecule has 4 heteroatoms. The second-order valence-electron chi connectivity index (χ2n) is 4.75. The molecule has 1 aromatic carbocycles. The summed E-state index contributed by atoms with van der Waals surface area (Å²) in [6.07, 6.45) is 0.973. The number of hydrogen-bond acceptors (Lipinski definition) is 4. The lowest BCUT2D eigenvalue weighted by Crippen LogP contribution is -2.03. The van der Waals surface area contributed by atoms with Gasteiger partial charge in [-0.25, -0.2) is 4.98 Å². The van der Waals surface area contributed by atoms with Gasteiger partial charge in [0.15, 0.2) is 0 Å². The zero-order valence-corrected chi connectivity index (χ0v) is 11.6. The highest BCUT2D eigenvalue weighted by atomic mass is 16.5. The van der Waals surface area contributed by atoms with Crippen LogP contribution < -0.4 is 10.5 Å². The van der Waals surface area contributed by atoms with Gasteiger partial charge in [-0.15, -0.1) is 0 Å². The van der Waals surface area contributed by atoms with Gasteiger partial charge in [-0.1, -0.05) is 32.9 Å². The predicted molar refractivity (Wildman–Crippen MR) is 76.4 cm³/mol. The van der Waals surface area contributed by atoms with Crippen molar-refractivity contribution in [2.75, 3.05) is 5.73 Å². The van der Waals surface area contributed by atoms with Crippen molar-refractivity contribution < 1.29 is 4.74 Å². The average Bonchev–Trinajstić information content (AvgIpc) is 2.38. The lowest BCUT2D eigenvalue weighted by Gasteiger charge is -2.09. The molecule has 0 aliphatic rings. The van der Waals surface area contributed by atoms with Crippen LogP contribution in [0.5, 0.6) is 11.6 Å². The number of hydrogen-bond donors (Lipinski definition) is 1. The maximum Gasteiger partial charge on any atom is 0.224 e. The number of nitrogens with two attached hydrogens (primary N) is 1. The monoisotopic (exact) mass is 257 g/mol. The van der Waals surface area contributed by atoms with E-state index in [1.165, 1.54) is 5.56 Å². The highest BCUT2D eigenvalue weighted by Gasteiger charge is 2.08. The van der Waals surface area contributed by atoms with Crippen molar-refractivity contribution in [3.63, 3.8) is 0 Å². The van der Waals surface area contributed by atoms with Crippen LogP contribution in [0.3, 0.4) is 0 Å². The van der Waals surface area contributed by atoms with Gasteiger partial charge in [-0.05, 0) is 24.1 Å². The third-order valence-electron chi connectivity index (χ3n) is 2.79. The molecular formula is C15H19N3O. The minimum absolute atomic E-state index is 0.216. The number of benzene rings is 1. The smallest absolute Gasteiger partial charge is 0.224 e. The second kappa shape index (κ2) is 5.69. The maximum absolute atomic E-state index is 5.78. The molecule has 0 amide bonds. The lowest BCUT2D eigenvalue weighted by molar-refractivity contribution is 0.457. The summed E-state index contributed by atoms with van der Waals surface area (Å²) in [6.45, 7) is 6.16. The van der Waals surface area contributed by atoms with Crippen molar-refractivity contribution >= 4 is 5.82 Å². The molecule has 2 N–H and O–H groups in total. The van der Waals surface area contributed by atoms with E-state index in [9.17, 15) is 0 Å². The zero-order chi connectivity index (χ0) is 13.8. The Kier molecular flexibility index (Phi) is 4.00. The molecule has 0 atom stereocenters. The van der Waals surface area contributed by atoms with Crippen LogP contribution in [0.2, 0.25) is 0 Å². The third-order valence-corrected chi connectivity index (χ3v) is 2.79. The average molecular weight is 257 g/mol. The summed E-state index contributed by atoms with van der Waals surface area (Å²) in [6, 6.07) is 9.60. The molecule has 4 nitrogen and oxygen atoms in total. The second-order valence-corrected chi connectivity index (χ2v) is 4.75. The lowest BCUT2D eigenvalue weighted by atomic mass is 10.2. The molecule has 2 aromatic rings. The van der Waals surface area contributed by atoms with Gasteiger partial charge in [0.1, 0.15) is 17.4 Å². The van der Waals surface area contributed by atoms with Gasteiger partial charge < -0.3 is 10.5 Å². The van der Waals surface area contributed by atoms with Gasteiger partial charge >= 0.3 is 0 Å². The van der Waals surface area contributed by atoms with Crippen LogP contribution in [-0.4, -0.2) is 9.97 Å². The quantitative estimate of drug-likeness (QED) is 0.910. The summed E-state index contributed by atoms with van der Waals surface area (Å²) >= 11 is 0. The van der Waals surface area contributed by atoms with E-state index in [4.69, 9.17) is 10.5 Å². The number of rotatable bonds is 4. The molecule has 0 aliphatic heterocycles. The summed E-state index contributed by atoms with van der Waals surface area (Å²) < 4.78 is 5.76. The molecule has 0 radical (unpaired) electrons. The van der Waals surface area contributed by atoms with E-state index >= 15 is 0 Å². The molecule has 2 rings (SSSR count). The Bertz CT molecular complexity index is 567. The van der Waals surface area contributed by atoms with Gasteiger partial charge in [0.05, 0.1) is 0 Å². The first kappa shape index (κ1) is 13.3. The van der Waals surface area contributed by atoms with Crippen LogP contribution in [0.4, 0.5) is 5.82 Å². The molecular weight excluding hydrogens is 238 g/mol. The predicted octanol–water partition coefficient (Wildman–Crippen LogP) is 3.54. The van der Waals surface area contributed by atoms with Gasteiger partial charge in [-0.2, -0.15) is 4.98 Å². The third kappa shape index (κ3) is 3.44. The molecule has 0 aliphatic carbocycles. The van der Waals surface area contributed by atoms with Crippen LogP contribution in [0.1, 0.15) is 38.1 Å². The first-order chi connectivity index (χ1) is 9.08. The largest absolute Gasteiger partial charge is 0.439 e. The summed E-state index contributed by atoms with van der Waals surface area (Å²) in [5.74, 6) is 2.60. The van der Waals surface area contributed by atoms with Crippen LogP contribution in [-0.2, 0) is 6.42 Å². The van der Waals surface area contributed by atoms with Crippen molar-refractivity contribution in [2.45, 2.75) is 33.1 Å². The molecule has 0 saturated heterocycles. The summed E-state index contributed by atoms with van der Waals surface area (Å²) in [7, 11) is 0. The Hall–Kier alpha value is -2.10. The van der Waals surface area contributed by atoms with E-state index in [0.29, 0.717) is 17.5 Å². The van der Waals surface area contributed by atoms with Crippen LogP contribution >= 0.6 is 0 Å². The minimum atomic E-state index is 0.216.